The zero-order valence-corrected chi connectivity index (χ0v) is 20.7. The van der Waals surface area contributed by atoms with Crippen molar-refractivity contribution < 1.29 is 14.6 Å². The molecule has 0 heterocycles. The minimum absolute atomic E-state index is 0.0190. The molecular weight excluding hydrogens is 384 g/mol. The van der Waals surface area contributed by atoms with E-state index in [0.717, 1.165) is 41.9 Å². The maximum atomic E-state index is 12.1. The molecule has 31 heavy (non-hydrogen) atoms. The highest BCUT2D eigenvalue weighted by molar-refractivity contribution is 5.69. The third kappa shape index (κ3) is 4.22. The highest BCUT2D eigenvalue weighted by atomic mass is 16.5. The number of aliphatic hydroxyl groups is 1. The summed E-state index contributed by atoms with van der Waals surface area (Å²) in [4.78, 5) is 12.1. The molecule has 0 bridgehead atoms. The Morgan fingerprint density at radius 1 is 1.03 bits per heavy atom. The Kier molecular flexibility index (Phi) is 7.12. The van der Waals surface area contributed by atoms with E-state index < -0.39 is 0 Å². The van der Waals surface area contributed by atoms with Gasteiger partial charge in [0.15, 0.2) is 0 Å². The molecule has 1 N–H and O–H groups in total. The summed E-state index contributed by atoms with van der Waals surface area (Å²) in [5.41, 5.74) is 1.02. The summed E-state index contributed by atoms with van der Waals surface area (Å²) < 4.78 is 5.25. The van der Waals surface area contributed by atoms with E-state index in [2.05, 4.69) is 20.8 Å². The van der Waals surface area contributed by atoms with Gasteiger partial charge in [-0.15, -0.1) is 0 Å². The second kappa shape index (κ2) is 9.35. The van der Waals surface area contributed by atoms with Crippen molar-refractivity contribution in [1.29, 1.82) is 0 Å². The largest absolute Gasteiger partial charge is 0.466 e. The highest BCUT2D eigenvalue weighted by Crippen LogP contribution is 2.68. The number of fused-ring (bicyclic) bond motifs is 5. The molecule has 4 fully saturated rings. The molecule has 5 unspecified atom stereocenters. The maximum absolute atomic E-state index is 12.1. The topological polar surface area (TPSA) is 46.5 Å². The summed E-state index contributed by atoms with van der Waals surface area (Å²) in [6.07, 6.45) is 15.1. The van der Waals surface area contributed by atoms with Crippen LogP contribution in [0, 0.1) is 52.3 Å². The lowest BCUT2D eigenvalue weighted by atomic mass is 9.44. The van der Waals surface area contributed by atoms with Crippen LogP contribution in [0.5, 0.6) is 0 Å². The van der Waals surface area contributed by atoms with Crippen LogP contribution in [-0.4, -0.2) is 24.3 Å². The monoisotopic (exact) mass is 432 g/mol. The Morgan fingerprint density at radius 3 is 2.52 bits per heavy atom. The van der Waals surface area contributed by atoms with Gasteiger partial charge in [0.1, 0.15) is 0 Å². The number of hydrogen-bond acceptors (Lipinski definition) is 3. The van der Waals surface area contributed by atoms with Gasteiger partial charge in [0, 0.05) is 13.0 Å². The van der Waals surface area contributed by atoms with E-state index in [0.29, 0.717) is 36.4 Å². The van der Waals surface area contributed by atoms with Crippen LogP contribution in [0.2, 0.25) is 0 Å². The normalized spacial score (nSPS) is 45.3. The number of aliphatic hydroxyl groups excluding tert-OH is 1. The molecule has 0 saturated heterocycles. The fourth-order valence-electron chi connectivity index (χ4n) is 9.58. The number of rotatable bonds is 7. The van der Waals surface area contributed by atoms with Gasteiger partial charge in [0.25, 0.3) is 0 Å². The Morgan fingerprint density at radius 2 is 1.77 bits per heavy atom. The maximum Gasteiger partial charge on any atom is 0.306 e. The van der Waals surface area contributed by atoms with Crippen LogP contribution >= 0.6 is 0 Å². The number of ether oxygens (including phenoxy) is 1. The molecule has 4 rings (SSSR count). The van der Waals surface area contributed by atoms with Crippen LogP contribution in [0.1, 0.15) is 105 Å². The average molecular weight is 433 g/mol. The van der Waals surface area contributed by atoms with E-state index in [1.807, 2.05) is 6.92 Å². The van der Waals surface area contributed by atoms with Crippen LogP contribution in [-0.2, 0) is 9.53 Å². The van der Waals surface area contributed by atoms with Crippen molar-refractivity contribution in [1.82, 2.24) is 0 Å². The van der Waals surface area contributed by atoms with Gasteiger partial charge in [0.2, 0.25) is 0 Å². The van der Waals surface area contributed by atoms with E-state index in [1.165, 1.54) is 64.2 Å². The first-order chi connectivity index (χ1) is 14.8. The molecule has 4 saturated carbocycles. The number of esters is 1. The molecule has 0 aromatic heterocycles. The Balaban J connectivity index is 1.43. The van der Waals surface area contributed by atoms with Crippen LogP contribution in [0.4, 0.5) is 0 Å². The van der Waals surface area contributed by atoms with E-state index in [-0.39, 0.29) is 5.97 Å². The highest BCUT2D eigenvalue weighted by Gasteiger charge is 2.60. The quantitative estimate of drug-likeness (QED) is 0.460. The predicted molar refractivity (Wildman–Crippen MR) is 125 cm³/mol. The van der Waals surface area contributed by atoms with Gasteiger partial charge in [0.05, 0.1) is 6.61 Å². The van der Waals surface area contributed by atoms with Gasteiger partial charge in [-0.3, -0.25) is 4.79 Å². The first-order valence-corrected chi connectivity index (χ1v) is 13.6. The first kappa shape index (κ1) is 23.6. The van der Waals surface area contributed by atoms with Crippen molar-refractivity contribution in [2.45, 2.75) is 105 Å². The van der Waals surface area contributed by atoms with E-state index in [4.69, 9.17) is 4.74 Å². The van der Waals surface area contributed by atoms with E-state index in [1.54, 1.807) is 0 Å². The van der Waals surface area contributed by atoms with Gasteiger partial charge in [-0.1, -0.05) is 20.8 Å². The molecule has 9 atom stereocenters. The lowest BCUT2D eigenvalue weighted by Gasteiger charge is -2.61. The van der Waals surface area contributed by atoms with Crippen molar-refractivity contribution in [2.24, 2.45) is 52.3 Å². The molecule has 3 heteroatoms. The van der Waals surface area contributed by atoms with Crippen molar-refractivity contribution in [3.8, 4) is 0 Å². The number of carbonyl (C=O) groups is 1. The SMILES string of the molecule is CCOC(=O)CC1CCC2(C)C(CCC3[C@@H]2CCC2(C)[C@@H]([C@H](C)CCCO)CC[C@@H]32)C1. The van der Waals surface area contributed by atoms with E-state index >= 15 is 0 Å². The van der Waals surface area contributed by atoms with E-state index in [9.17, 15) is 9.90 Å². The molecule has 178 valence electrons. The van der Waals surface area contributed by atoms with Crippen molar-refractivity contribution in [3.05, 3.63) is 0 Å². The third-order valence-corrected chi connectivity index (χ3v) is 11.1. The first-order valence-electron chi connectivity index (χ1n) is 13.6. The minimum Gasteiger partial charge on any atom is -0.466 e. The summed E-state index contributed by atoms with van der Waals surface area (Å²) >= 11 is 0. The second-order valence-electron chi connectivity index (χ2n) is 12.4. The summed E-state index contributed by atoms with van der Waals surface area (Å²) in [6.45, 7) is 10.5. The molecule has 0 spiro atoms. The second-order valence-corrected chi connectivity index (χ2v) is 12.4. The zero-order valence-electron chi connectivity index (χ0n) is 20.7. The molecule has 0 amide bonds. The van der Waals surface area contributed by atoms with Gasteiger partial charge < -0.3 is 9.84 Å². The zero-order chi connectivity index (χ0) is 22.2. The fraction of sp³-hybridized carbons (Fsp3) is 0.964. The smallest absolute Gasteiger partial charge is 0.306 e. The average Bonchev–Trinajstić information content (AvgIpc) is 3.09. The molecule has 4 aliphatic rings. The standard InChI is InChI=1S/C28H48O3/c1-5-31-26(30)18-20-12-14-27(3)21(17-20)8-9-22-24-11-10-23(19(2)7-6-16-29)28(24,4)15-13-25(22)27/h19-25,29H,5-18H2,1-4H3/t19-,20?,21?,22?,23-,24+,25+,27?,28?/m1/s1. The Labute approximate surface area is 191 Å². The van der Waals surface area contributed by atoms with Gasteiger partial charge in [-0.2, -0.15) is 0 Å². The van der Waals surface area contributed by atoms with Crippen molar-refractivity contribution in [3.63, 3.8) is 0 Å². The van der Waals surface area contributed by atoms with Crippen molar-refractivity contribution >= 4 is 5.97 Å². The fourth-order valence-corrected chi connectivity index (χ4v) is 9.58. The minimum atomic E-state index is 0.0190. The lowest BCUT2D eigenvalue weighted by Crippen LogP contribution is -2.53. The van der Waals surface area contributed by atoms with Crippen LogP contribution in [0.25, 0.3) is 0 Å². The molecule has 0 aliphatic heterocycles. The predicted octanol–water partition coefficient (Wildman–Crippen LogP) is 6.62. The van der Waals surface area contributed by atoms with Gasteiger partial charge >= 0.3 is 5.97 Å². The third-order valence-electron chi connectivity index (χ3n) is 11.1. The summed E-state index contributed by atoms with van der Waals surface area (Å²) in [5.74, 6) is 5.74. The number of carbonyl (C=O) groups excluding carboxylic acids is 1. The van der Waals surface area contributed by atoms with Crippen LogP contribution in [0.3, 0.4) is 0 Å². The summed E-state index contributed by atoms with van der Waals surface area (Å²) in [5, 5.41) is 9.32. The molecular formula is C28H48O3. The lowest BCUT2D eigenvalue weighted by molar-refractivity contribution is -0.147. The molecule has 4 aliphatic carbocycles. The van der Waals surface area contributed by atoms with Crippen LogP contribution < -0.4 is 0 Å². The van der Waals surface area contributed by atoms with Crippen molar-refractivity contribution in [2.75, 3.05) is 13.2 Å². The molecule has 0 radical (unpaired) electrons. The van der Waals surface area contributed by atoms with Gasteiger partial charge in [-0.25, -0.2) is 0 Å². The van der Waals surface area contributed by atoms with Crippen LogP contribution in [0.15, 0.2) is 0 Å². The summed E-state index contributed by atoms with van der Waals surface area (Å²) in [6, 6.07) is 0. The number of hydrogen-bond donors (Lipinski definition) is 1. The Hall–Kier alpha value is -0.570. The van der Waals surface area contributed by atoms with Gasteiger partial charge in [-0.05, 0) is 130 Å². The molecule has 3 nitrogen and oxygen atoms in total. The molecule has 0 aromatic carbocycles. The molecule has 0 aromatic rings. The summed E-state index contributed by atoms with van der Waals surface area (Å²) in [7, 11) is 0. The Bertz CT molecular complexity index is 632.